The van der Waals surface area contributed by atoms with E-state index in [1.165, 1.54) is 35.6 Å². The molecular weight excluding hydrogens is 328 g/mol. The number of anilines is 1. The number of thiophene rings is 1. The van der Waals surface area contributed by atoms with Crippen LogP contribution in [0.1, 0.15) is 4.88 Å². The number of alkyl halides is 2. The Morgan fingerprint density at radius 3 is 2.52 bits per heavy atom. The van der Waals surface area contributed by atoms with Gasteiger partial charge in [0.05, 0.1) is 6.42 Å². The number of nitrogens with one attached hydrogen (secondary N) is 1. The van der Waals surface area contributed by atoms with Crippen LogP contribution in [0.4, 0.5) is 14.5 Å². The number of amides is 1. The topological polar surface area (TPSA) is 64.6 Å². The van der Waals surface area contributed by atoms with Gasteiger partial charge in [0.1, 0.15) is 5.75 Å². The van der Waals surface area contributed by atoms with Gasteiger partial charge in [-0.05, 0) is 35.7 Å². The van der Waals surface area contributed by atoms with Crippen LogP contribution < -0.4 is 10.1 Å². The molecule has 1 N–H and O–H groups in total. The zero-order valence-corrected chi connectivity index (χ0v) is 12.6. The van der Waals surface area contributed by atoms with Crippen LogP contribution in [0.3, 0.4) is 0 Å². The lowest BCUT2D eigenvalue weighted by Gasteiger charge is -2.08. The van der Waals surface area contributed by atoms with Gasteiger partial charge in [0, 0.05) is 10.6 Å². The predicted molar refractivity (Wildman–Crippen MR) is 80.7 cm³/mol. The first-order valence-electron chi connectivity index (χ1n) is 6.55. The molecule has 0 aliphatic rings. The number of benzene rings is 1. The van der Waals surface area contributed by atoms with Crippen molar-refractivity contribution in [1.82, 2.24) is 0 Å². The average Bonchev–Trinajstić information content (AvgIpc) is 2.99. The summed E-state index contributed by atoms with van der Waals surface area (Å²) >= 11 is 1.43. The maximum atomic E-state index is 12.0. The molecule has 0 atom stereocenters. The number of ether oxygens (including phenoxy) is 2. The summed E-state index contributed by atoms with van der Waals surface area (Å²) in [7, 11) is 0. The average molecular weight is 341 g/mol. The second-order valence-electron chi connectivity index (χ2n) is 4.37. The summed E-state index contributed by atoms with van der Waals surface area (Å²) < 4.78 is 33.1. The number of hydrogen-bond acceptors (Lipinski definition) is 5. The van der Waals surface area contributed by atoms with Crippen LogP contribution in [-0.2, 0) is 20.7 Å². The smallest absolute Gasteiger partial charge is 0.387 e. The van der Waals surface area contributed by atoms with Crippen LogP contribution in [0.25, 0.3) is 0 Å². The molecule has 0 bridgehead atoms. The molecule has 0 aliphatic carbocycles. The molecule has 0 unspecified atom stereocenters. The molecule has 2 rings (SSSR count). The zero-order chi connectivity index (χ0) is 16.7. The molecule has 23 heavy (non-hydrogen) atoms. The van der Waals surface area contributed by atoms with Crippen LogP contribution >= 0.6 is 11.3 Å². The lowest BCUT2D eigenvalue weighted by molar-refractivity contribution is -0.146. The maximum absolute atomic E-state index is 12.0. The molecule has 0 saturated carbocycles. The molecule has 2 aromatic rings. The van der Waals surface area contributed by atoms with Crippen molar-refractivity contribution in [2.24, 2.45) is 0 Å². The highest BCUT2D eigenvalue weighted by Crippen LogP contribution is 2.17. The molecular formula is C15H13F2NO4S. The van der Waals surface area contributed by atoms with Gasteiger partial charge in [-0.2, -0.15) is 8.78 Å². The number of halogens is 2. The van der Waals surface area contributed by atoms with E-state index in [0.29, 0.717) is 5.69 Å². The number of hydrogen-bond donors (Lipinski definition) is 1. The van der Waals surface area contributed by atoms with Crippen molar-refractivity contribution < 1.29 is 27.8 Å². The third kappa shape index (κ3) is 6.03. The molecule has 1 heterocycles. The second-order valence-corrected chi connectivity index (χ2v) is 5.40. The Kier molecular flexibility index (Phi) is 6.04. The summed E-state index contributed by atoms with van der Waals surface area (Å²) in [6.07, 6.45) is 0.116. The summed E-state index contributed by atoms with van der Waals surface area (Å²) in [5.74, 6) is -1.03. The van der Waals surface area contributed by atoms with Crippen molar-refractivity contribution in [2.75, 3.05) is 11.9 Å². The van der Waals surface area contributed by atoms with Crippen LogP contribution in [0.15, 0.2) is 41.8 Å². The molecule has 1 amide bonds. The number of rotatable bonds is 7. The van der Waals surface area contributed by atoms with Gasteiger partial charge in [-0.15, -0.1) is 11.3 Å². The first kappa shape index (κ1) is 16.9. The Hall–Kier alpha value is -2.48. The highest BCUT2D eigenvalue weighted by atomic mass is 32.1. The minimum atomic E-state index is -2.90. The van der Waals surface area contributed by atoms with Crippen molar-refractivity contribution in [1.29, 1.82) is 0 Å². The molecule has 8 heteroatoms. The first-order valence-corrected chi connectivity index (χ1v) is 7.43. The molecule has 122 valence electrons. The Balaban J connectivity index is 1.74. The van der Waals surface area contributed by atoms with Gasteiger partial charge < -0.3 is 14.8 Å². The Labute approximate surface area is 134 Å². The molecule has 5 nitrogen and oxygen atoms in total. The molecule has 0 spiro atoms. The van der Waals surface area contributed by atoms with E-state index in [1.807, 2.05) is 11.4 Å². The van der Waals surface area contributed by atoms with Gasteiger partial charge in [0.25, 0.3) is 5.91 Å². The van der Waals surface area contributed by atoms with Crippen LogP contribution in [0.2, 0.25) is 0 Å². The van der Waals surface area contributed by atoms with Crippen LogP contribution in [-0.4, -0.2) is 25.1 Å². The van der Waals surface area contributed by atoms with Gasteiger partial charge in [0.2, 0.25) is 0 Å². The monoisotopic (exact) mass is 341 g/mol. The van der Waals surface area contributed by atoms with E-state index >= 15 is 0 Å². The summed E-state index contributed by atoms with van der Waals surface area (Å²) in [5.41, 5.74) is 0.380. The standard InChI is InChI=1S/C15H13F2NO4S/c16-15(17)22-11-5-3-10(4-6-11)18-13(19)9-21-14(20)8-12-2-1-7-23-12/h1-7,15H,8-9H2,(H,18,19). The fourth-order valence-electron chi connectivity index (χ4n) is 1.67. The van der Waals surface area contributed by atoms with Crippen molar-refractivity contribution in [3.8, 4) is 5.75 Å². The van der Waals surface area contributed by atoms with E-state index in [9.17, 15) is 18.4 Å². The minimum Gasteiger partial charge on any atom is -0.455 e. The highest BCUT2D eigenvalue weighted by molar-refractivity contribution is 7.10. The van der Waals surface area contributed by atoms with Gasteiger partial charge in [-0.1, -0.05) is 6.07 Å². The SMILES string of the molecule is O=C(COC(=O)Cc1cccs1)Nc1ccc(OC(F)F)cc1. The summed E-state index contributed by atoms with van der Waals surface area (Å²) in [6, 6.07) is 9.03. The number of esters is 1. The van der Waals surface area contributed by atoms with Crippen molar-refractivity contribution in [2.45, 2.75) is 13.0 Å². The lowest BCUT2D eigenvalue weighted by atomic mass is 10.3. The number of carbonyl (C=O) groups excluding carboxylic acids is 2. The third-order valence-corrected chi connectivity index (χ3v) is 3.50. The summed E-state index contributed by atoms with van der Waals surface area (Å²) in [5, 5.41) is 4.32. The molecule has 0 saturated heterocycles. The molecule has 1 aromatic carbocycles. The predicted octanol–water partition coefficient (Wildman–Crippen LogP) is 3.07. The zero-order valence-electron chi connectivity index (χ0n) is 11.8. The molecule has 1 aromatic heterocycles. The normalized spacial score (nSPS) is 10.4. The maximum Gasteiger partial charge on any atom is 0.387 e. The van der Waals surface area contributed by atoms with Crippen LogP contribution in [0.5, 0.6) is 5.75 Å². The highest BCUT2D eigenvalue weighted by Gasteiger charge is 2.10. The van der Waals surface area contributed by atoms with E-state index in [-0.39, 0.29) is 12.2 Å². The summed E-state index contributed by atoms with van der Waals surface area (Å²) in [6.45, 7) is -3.32. The van der Waals surface area contributed by atoms with E-state index in [1.54, 1.807) is 6.07 Å². The quantitative estimate of drug-likeness (QED) is 0.786. The van der Waals surface area contributed by atoms with E-state index < -0.39 is 25.1 Å². The van der Waals surface area contributed by atoms with Gasteiger partial charge in [-0.25, -0.2) is 0 Å². The van der Waals surface area contributed by atoms with Gasteiger partial charge in [-0.3, -0.25) is 9.59 Å². The minimum absolute atomic E-state index is 0.0135. The van der Waals surface area contributed by atoms with Crippen molar-refractivity contribution in [3.63, 3.8) is 0 Å². The lowest BCUT2D eigenvalue weighted by Crippen LogP contribution is -2.21. The third-order valence-electron chi connectivity index (χ3n) is 2.63. The Morgan fingerprint density at radius 1 is 1.17 bits per heavy atom. The first-order chi connectivity index (χ1) is 11.0. The van der Waals surface area contributed by atoms with E-state index in [0.717, 1.165) is 4.88 Å². The molecule has 0 radical (unpaired) electrons. The largest absolute Gasteiger partial charge is 0.455 e. The fourth-order valence-corrected chi connectivity index (χ4v) is 2.36. The Bertz CT molecular complexity index is 644. The summed E-state index contributed by atoms with van der Waals surface area (Å²) in [4.78, 5) is 24.0. The van der Waals surface area contributed by atoms with Crippen molar-refractivity contribution in [3.05, 3.63) is 46.7 Å². The van der Waals surface area contributed by atoms with Gasteiger partial charge in [0.15, 0.2) is 6.61 Å². The Morgan fingerprint density at radius 2 is 1.91 bits per heavy atom. The van der Waals surface area contributed by atoms with Gasteiger partial charge >= 0.3 is 12.6 Å². The van der Waals surface area contributed by atoms with Crippen molar-refractivity contribution >= 4 is 28.9 Å². The van der Waals surface area contributed by atoms with E-state index in [2.05, 4.69) is 10.1 Å². The molecule has 0 fully saturated rings. The second kappa shape index (κ2) is 8.23. The van der Waals surface area contributed by atoms with E-state index in [4.69, 9.17) is 4.74 Å². The van der Waals surface area contributed by atoms with Crippen LogP contribution in [0, 0.1) is 0 Å². The fraction of sp³-hybridized carbons (Fsp3) is 0.200. The number of carbonyl (C=O) groups is 2. The molecule has 0 aliphatic heterocycles.